The molecule has 1 aromatic heterocycles. The summed E-state index contributed by atoms with van der Waals surface area (Å²) in [6, 6.07) is 3.00. The van der Waals surface area contributed by atoms with Crippen LogP contribution in [0.3, 0.4) is 0 Å². The number of amides is 3. The first kappa shape index (κ1) is 14.0. The number of carbonyl (C=O) groups is 2. The van der Waals surface area contributed by atoms with E-state index in [1.807, 2.05) is 0 Å². The highest BCUT2D eigenvalue weighted by Gasteiger charge is 2.12. The molecule has 0 bridgehead atoms. The van der Waals surface area contributed by atoms with Crippen molar-refractivity contribution in [2.24, 2.45) is 0 Å². The van der Waals surface area contributed by atoms with Gasteiger partial charge in [0, 0.05) is 26.2 Å². The highest BCUT2D eigenvalue weighted by atomic mass is 32.1. The van der Waals surface area contributed by atoms with Gasteiger partial charge in [-0.25, -0.2) is 4.79 Å². The van der Waals surface area contributed by atoms with Crippen molar-refractivity contribution < 1.29 is 14.3 Å². The first-order valence-corrected chi connectivity index (χ1v) is 7.06. The van der Waals surface area contributed by atoms with Crippen molar-refractivity contribution in [3.63, 3.8) is 0 Å². The SMILES string of the molecule is O=C(NCCN1CCOCC1)NC(=O)c1cccs1. The molecule has 0 aliphatic carbocycles. The van der Waals surface area contributed by atoms with Gasteiger partial charge in [-0.15, -0.1) is 11.3 Å². The van der Waals surface area contributed by atoms with Crippen LogP contribution >= 0.6 is 11.3 Å². The van der Waals surface area contributed by atoms with E-state index in [1.165, 1.54) is 11.3 Å². The Bertz CT molecular complexity index is 416. The van der Waals surface area contributed by atoms with E-state index in [-0.39, 0.29) is 5.91 Å². The Labute approximate surface area is 115 Å². The average Bonchev–Trinajstić information content (AvgIpc) is 2.94. The lowest BCUT2D eigenvalue weighted by molar-refractivity contribution is 0.0387. The van der Waals surface area contributed by atoms with Crippen LogP contribution in [0.15, 0.2) is 17.5 Å². The quantitative estimate of drug-likeness (QED) is 0.845. The van der Waals surface area contributed by atoms with Gasteiger partial charge in [0.1, 0.15) is 0 Å². The number of rotatable bonds is 4. The van der Waals surface area contributed by atoms with E-state index in [4.69, 9.17) is 4.74 Å². The maximum atomic E-state index is 11.6. The smallest absolute Gasteiger partial charge is 0.321 e. The minimum Gasteiger partial charge on any atom is -0.379 e. The molecule has 0 atom stereocenters. The number of hydrogen-bond donors (Lipinski definition) is 2. The molecule has 0 radical (unpaired) electrons. The van der Waals surface area contributed by atoms with Crippen molar-refractivity contribution >= 4 is 23.3 Å². The Morgan fingerprint density at radius 2 is 2.16 bits per heavy atom. The Hall–Kier alpha value is -1.44. The minimum absolute atomic E-state index is 0.362. The second-order valence-electron chi connectivity index (χ2n) is 4.14. The molecule has 0 spiro atoms. The molecule has 2 N–H and O–H groups in total. The highest BCUT2D eigenvalue weighted by molar-refractivity contribution is 7.12. The number of imide groups is 1. The van der Waals surface area contributed by atoms with E-state index in [9.17, 15) is 9.59 Å². The third kappa shape index (κ3) is 4.62. The summed E-state index contributed by atoms with van der Waals surface area (Å²) < 4.78 is 5.24. The molecule has 19 heavy (non-hydrogen) atoms. The van der Waals surface area contributed by atoms with Crippen molar-refractivity contribution in [2.75, 3.05) is 39.4 Å². The van der Waals surface area contributed by atoms with E-state index in [1.54, 1.807) is 17.5 Å². The standard InChI is InChI=1S/C12H17N3O3S/c16-11(10-2-1-9-19-10)14-12(17)13-3-4-15-5-7-18-8-6-15/h1-2,9H,3-8H2,(H2,13,14,16,17). The van der Waals surface area contributed by atoms with E-state index >= 15 is 0 Å². The lowest BCUT2D eigenvalue weighted by Gasteiger charge is -2.26. The Kier molecular flexibility index (Phi) is 5.31. The molecule has 1 saturated heterocycles. The first-order valence-electron chi connectivity index (χ1n) is 6.18. The van der Waals surface area contributed by atoms with Gasteiger partial charge in [-0.1, -0.05) is 6.07 Å². The number of thiophene rings is 1. The molecule has 1 aromatic rings. The average molecular weight is 283 g/mol. The van der Waals surface area contributed by atoms with Crippen LogP contribution in [-0.4, -0.2) is 56.2 Å². The number of morpholine rings is 1. The molecule has 2 rings (SSSR count). The molecular formula is C12H17N3O3S. The number of carbonyl (C=O) groups excluding carboxylic acids is 2. The number of urea groups is 1. The molecule has 0 unspecified atom stereocenters. The molecule has 0 saturated carbocycles. The fraction of sp³-hybridized carbons (Fsp3) is 0.500. The summed E-state index contributed by atoms with van der Waals surface area (Å²) in [5, 5.41) is 6.77. The van der Waals surface area contributed by atoms with Gasteiger partial charge in [0.25, 0.3) is 5.91 Å². The first-order chi connectivity index (χ1) is 9.25. The Balaban J connectivity index is 1.63. The van der Waals surface area contributed by atoms with Gasteiger partial charge in [0.2, 0.25) is 0 Å². The van der Waals surface area contributed by atoms with E-state index in [0.717, 1.165) is 32.8 Å². The summed E-state index contributed by atoms with van der Waals surface area (Å²) in [5.41, 5.74) is 0. The van der Waals surface area contributed by atoms with Gasteiger partial charge >= 0.3 is 6.03 Å². The highest BCUT2D eigenvalue weighted by Crippen LogP contribution is 2.07. The lowest BCUT2D eigenvalue weighted by atomic mass is 10.4. The molecule has 0 aromatic carbocycles. The van der Waals surface area contributed by atoms with E-state index in [0.29, 0.717) is 11.4 Å². The van der Waals surface area contributed by atoms with Crippen molar-refractivity contribution in [2.45, 2.75) is 0 Å². The zero-order valence-corrected chi connectivity index (χ0v) is 11.4. The van der Waals surface area contributed by atoms with E-state index in [2.05, 4.69) is 15.5 Å². The van der Waals surface area contributed by atoms with Crippen LogP contribution in [0.25, 0.3) is 0 Å². The number of nitrogens with one attached hydrogen (secondary N) is 2. The molecule has 104 valence electrons. The molecule has 1 fully saturated rings. The van der Waals surface area contributed by atoms with Gasteiger partial charge < -0.3 is 10.1 Å². The summed E-state index contributed by atoms with van der Waals surface area (Å²) in [4.78, 5) is 25.8. The normalized spacial score (nSPS) is 16.0. The number of hydrogen-bond acceptors (Lipinski definition) is 5. The predicted molar refractivity (Wildman–Crippen MR) is 72.4 cm³/mol. The van der Waals surface area contributed by atoms with Crippen LogP contribution in [0.1, 0.15) is 9.67 Å². The third-order valence-corrected chi connectivity index (χ3v) is 3.66. The topological polar surface area (TPSA) is 70.7 Å². The summed E-state index contributed by atoms with van der Waals surface area (Å²) in [7, 11) is 0. The fourth-order valence-corrected chi connectivity index (χ4v) is 2.39. The molecular weight excluding hydrogens is 266 g/mol. The third-order valence-electron chi connectivity index (χ3n) is 2.79. The largest absolute Gasteiger partial charge is 0.379 e. The minimum atomic E-state index is -0.452. The Morgan fingerprint density at radius 3 is 2.84 bits per heavy atom. The van der Waals surface area contributed by atoms with E-state index < -0.39 is 6.03 Å². The molecule has 2 heterocycles. The van der Waals surface area contributed by atoms with Crippen molar-refractivity contribution in [3.05, 3.63) is 22.4 Å². The van der Waals surface area contributed by atoms with Gasteiger partial charge in [0.05, 0.1) is 18.1 Å². The van der Waals surface area contributed by atoms with Crippen LogP contribution in [0.2, 0.25) is 0 Å². The summed E-state index contributed by atoms with van der Waals surface area (Å²) >= 11 is 1.31. The van der Waals surface area contributed by atoms with Crippen LogP contribution in [0.5, 0.6) is 0 Å². The van der Waals surface area contributed by atoms with Crippen molar-refractivity contribution in [1.82, 2.24) is 15.5 Å². The zero-order valence-electron chi connectivity index (χ0n) is 10.6. The van der Waals surface area contributed by atoms with Crippen LogP contribution < -0.4 is 10.6 Å². The summed E-state index contributed by atoms with van der Waals surface area (Å²) in [5.74, 6) is -0.362. The molecule has 3 amide bonds. The maximum absolute atomic E-state index is 11.6. The van der Waals surface area contributed by atoms with Crippen molar-refractivity contribution in [1.29, 1.82) is 0 Å². The lowest BCUT2D eigenvalue weighted by Crippen LogP contribution is -2.44. The van der Waals surface area contributed by atoms with Gasteiger partial charge in [-0.3, -0.25) is 15.0 Å². The number of nitrogens with zero attached hydrogens (tertiary/aromatic N) is 1. The predicted octanol–water partition coefficient (Wildman–Crippen LogP) is 0.520. The monoisotopic (exact) mass is 283 g/mol. The molecule has 1 aliphatic heterocycles. The summed E-state index contributed by atoms with van der Waals surface area (Å²) in [6.07, 6.45) is 0. The van der Waals surface area contributed by atoms with Gasteiger partial charge in [0.15, 0.2) is 0 Å². The molecule has 1 aliphatic rings. The van der Waals surface area contributed by atoms with Crippen LogP contribution in [0.4, 0.5) is 4.79 Å². The second kappa shape index (κ2) is 7.22. The van der Waals surface area contributed by atoms with Gasteiger partial charge in [-0.2, -0.15) is 0 Å². The fourth-order valence-electron chi connectivity index (χ4n) is 1.77. The second-order valence-corrected chi connectivity index (χ2v) is 5.09. The van der Waals surface area contributed by atoms with Crippen LogP contribution in [0, 0.1) is 0 Å². The molecule has 7 heteroatoms. The van der Waals surface area contributed by atoms with Crippen LogP contribution in [-0.2, 0) is 4.74 Å². The van der Waals surface area contributed by atoms with Crippen molar-refractivity contribution in [3.8, 4) is 0 Å². The zero-order chi connectivity index (χ0) is 13.5. The Morgan fingerprint density at radius 1 is 1.37 bits per heavy atom. The summed E-state index contributed by atoms with van der Waals surface area (Å²) in [6.45, 7) is 4.54. The van der Waals surface area contributed by atoms with Gasteiger partial charge in [-0.05, 0) is 11.4 Å². The molecule has 6 nitrogen and oxygen atoms in total. The maximum Gasteiger partial charge on any atom is 0.321 e. The number of ether oxygens (including phenoxy) is 1.